The summed E-state index contributed by atoms with van der Waals surface area (Å²) < 4.78 is 0. The molecule has 0 atom stereocenters. The van der Waals surface area contributed by atoms with E-state index in [0.29, 0.717) is 5.82 Å². The van der Waals surface area contributed by atoms with Crippen molar-refractivity contribution in [3.63, 3.8) is 0 Å². The molecule has 0 spiro atoms. The highest BCUT2D eigenvalue weighted by Gasteiger charge is 2.15. The monoisotopic (exact) mass is 528 g/mol. The Morgan fingerprint density at radius 2 is 2.05 bits per heavy atom. The molecule has 2 aliphatic carbocycles. The molecule has 0 unspecified atom stereocenters. The maximum Gasteiger partial charge on any atom is 0.159 e. The van der Waals surface area contributed by atoms with Gasteiger partial charge in [-0.25, -0.2) is 4.98 Å². The Balaban J connectivity index is 1.20. The largest absolute Gasteiger partial charge is 0.358 e. The lowest BCUT2D eigenvalue weighted by atomic mass is 9.86. The summed E-state index contributed by atoms with van der Waals surface area (Å²) in [5.41, 5.74) is 9.18. The zero-order valence-electron chi connectivity index (χ0n) is 23.1. The summed E-state index contributed by atoms with van der Waals surface area (Å²) in [5, 5.41) is 12.8. The quantitative estimate of drug-likeness (QED) is 0.233. The molecule has 0 saturated heterocycles. The van der Waals surface area contributed by atoms with Crippen molar-refractivity contribution in [3.05, 3.63) is 94.9 Å². The minimum absolute atomic E-state index is 0.711. The smallest absolute Gasteiger partial charge is 0.159 e. The fraction of sp³-hybridized carbons (Fsp3) is 0.265. The number of anilines is 1. The van der Waals surface area contributed by atoms with Crippen LogP contribution in [0.2, 0.25) is 0 Å². The van der Waals surface area contributed by atoms with Gasteiger partial charge >= 0.3 is 0 Å². The van der Waals surface area contributed by atoms with Gasteiger partial charge in [0.05, 0.1) is 28.3 Å². The Morgan fingerprint density at radius 3 is 2.88 bits per heavy atom. The number of benzene rings is 1. The number of nitrogens with zero attached hydrogens (tertiary/aromatic N) is 3. The van der Waals surface area contributed by atoms with Crippen LogP contribution in [0.3, 0.4) is 0 Å². The van der Waals surface area contributed by atoms with Crippen LogP contribution in [-0.4, -0.2) is 25.1 Å². The van der Waals surface area contributed by atoms with E-state index in [2.05, 4.69) is 88.1 Å². The molecule has 1 saturated carbocycles. The Kier molecular flexibility index (Phi) is 7.32. The fourth-order valence-electron chi connectivity index (χ4n) is 5.77. The third kappa shape index (κ3) is 5.48. The number of aromatic amines is 2. The Bertz CT molecular complexity index is 1760. The second kappa shape index (κ2) is 11.3. The van der Waals surface area contributed by atoms with Crippen molar-refractivity contribution in [2.45, 2.75) is 51.9 Å². The molecule has 0 radical (unpaired) electrons. The van der Waals surface area contributed by atoms with Crippen LogP contribution in [0.1, 0.15) is 63.0 Å². The number of hydrogen-bond acceptors (Lipinski definition) is 4. The number of allylic oxidation sites excluding steroid dienone is 7. The number of rotatable bonds is 8. The summed E-state index contributed by atoms with van der Waals surface area (Å²) in [7, 11) is 0. The van der Waals surface area contributed by atoms with Crippen molar-refractivity contribution in [2.24, 2.45) is 5.92 Å². The second-order valence-electron chi connectivity index (χ2n) is 11.0. The SMILES string of the molecule is C=C(CC1CCCCC1)Nc1cncc(/C(C)=C/C=c2/[nH]nc(-c3nc4c(C5=CCC=C5)cccc4[nH]3)c2=C)c1. The van der Waals surface area contributed by atoms with Gasteiger partial charge in [0, 0.05) is 22.7 Å². The number of fused-ring (bicyclic) bond motifs is 1. The third-order valence-corrected chi connectivity index (χ3v) is 7.99. The molecule has 3 heterocycles. The number of para-hydroxylation sites is 1. The van der Waals surface area contributed by atoms with E-state index in [9.17, 15) is 0 Å². The summed E-state index contributed by atoms with van der Waals surface area (Å²) >= 11 is 0. The summed E-state index contributed by atoms with van der Waals surface area (Å²) in [6.45, 7) is 10.7. The van der Waals surface area contributed by atoms with E-state index < -0.39 is 0 Å². The Hall–Kier alpha value is -4.45. The minimum atomic E-state index is 0.711. The molecule has 3 aromatic heterocycles. The first-order chi connectivity index (χ1) is 19.5. The standard InChI is InChI=1S/C34H36N6/c1-22(27-19-28(21-35-20-27)36-23(2)18-25-10-5-4-6-11-25)16-17-30-24(3)32(40-39-30)34-37-31-15-9-14-29(33(31)38-34)26-12-7-8-13-26/h7,9,12-17,19-21,25,36,39H,2-6,8,10-11,18H2,1H3,(H,37,38)/b22-16+,30-17+. The topological polar surface area (TPSA) is 82.3 Å². The van der Waals surface area contributed by atoms with E-state index in [-0.39, 0.29) is 0 Å². The van der Waals surface area contributed by atoms with Crippen molar-refractivity contribution < 1.29 is 0 Å². The van der Waals surface area contributed by atoms with E-state index in [0.717, 1.165) is 74.1 Å². The van der Waals surface area contributed by atoms with Crippen LogP contribution < -0.4 is 15.9 Å². The van der Waals surface area contributed by atoms with Crippen LogP contribution in [-0.2, 0) is 0 Å². The number of H-pyrrole nitrogens is 2. The van der Waals surface area contributed by atoms with Crippen molar-refractivity contribution in [3.8, 4) is 11.5 Å². The van der Waals surface area contributed by atoms with Crippen molar-refractivity contribution in [1.29, 1.82) is 0 Å². The molecule has 202 valence electrons. The van der Waals surface area contributed by atoms with E-state index in [4.69, 9.17) is 4.98 Å². The predicted octanol–water partition coefficient (Wildman–Crippen LogP) is 6.88. The molecule has 1 fully saturated rings. The molecule has 6 nitrogen and oxygen atoms in total. The Labute approximate surface area is 235 Å². The highest BCUT2D eigenvalue weighted by Crippen LogP contribution is 2.30. The third-order valence-electron chi connectivity index (χ3n) is 7.99. The summed E-state index contributed by atoms with van der Waals surface area (Å²) in [6, 6.07) is 8.35. The van der Waals surface area contributed by atoms with Gasteiger partial charge in [0.1, 0.15) is 5.69 Å². The minimum Gasteiger partial charge on any atom is -0.358 e. The highest BCUT2D eigenvalue weighted by molar-refractivity contribution is 5.94. The molecule has 6 rings (SSSR count). The molecule has 0 amide bonds. The van der Waals surface area contributed by atoms with Gasteiger partial charge in [-0.2, -0.15) is 5.10 Å². The average molecular weight is 529 g/mol. The zero-order chi connectivity index (χ0) is 27.5. The molecule has 3 N–H and O–H groups in total. The normalized spacial score (nSPS) is 16.6. The van der Waals surface area contributed by atoms with E-state index >= 15 is 0 Å². The number of aromatic nitrogens is 5. The van der Waals surface area contributed by atoms with Crippen molar-refractivity contribution in [2.75, 3.05) is 5.32 Å². The predicted molar refractivity (Wildman–Crippen MR) is 166 cm³/mol. The van der Waals surface area contributed by atoms with Crippen LogP contribution in [0.25, 0.3) is 46.4 Å². The van der Waals surface area contributed by atoms with E-state index in [1.807, 2.05) is 24.5 Å². The van der Waals surface area contributed by atoms with Crippen LogP contribution in [0.4, 0.5) is 5.69 Å². The first-order valence-electron chi connectivity index (χ1n) is 14.2. The summed E-state index contributed by atoms with van der Waals surface area (Å²) in [6.07, 6.45) is 23.1. The van der Waals surface area contributed by atoms with Gasteiger partial charge in [0.25, 0.3) is 0 Å². The first kappa shape index (κ1) is 25.8. The van der Waals surface area contributed by atoms with Gasteiger partial charge in [-0.1, -0.05) is 81.7 Å². The Morgan fingerprint density at radius 1 is 1.18 bits per heavy atom. The van der Waals surface area contributed by atoms with Crippen molar-refractivity contribution in [1.82, 2.24) is 25.1 Å². The maximum atomic E-state index is 4.91. The van der Waals surface area contributed by atoms with Crippen LogP contribution >= 0.6 is 0 Å². The fourth-order valence-corrected chi connectivity index (χ4v) is 5.77. The van der Waals surface area contributed by atoms with Gasteiger partial charge in [-0.05, 0) is 60.6 Å². The van der Waals surface area contributed by atoms with Crippen LogP contribution in [0, 0.1) is 5.92 Å². The molecular weight excluding hydrogens is 492 g/mol. The lowest BCUT2D eigenvalue weighted by molar-refractivity contribution is 0.357. The number of pyridine rings is 1. The molecule has 4 aromatic rings. The van der Waals surface area contributed by atoms with E-state index in [1.54, 1.807) is 0 Å². The molecule has 0 aliphatic heterocycles. The van der Waals surface area contributed by atoms with Crippen LogP contribution in [0.5, 0.6) is 0 Å². The maximum absolute atomic E-state index is 4.91. The highest BCUT2D eigenvalue weighted by atomic mass is 15.1. The van der Waals surface area contributed by atoms with Gasteiger partial charge < -0.3 is 10.3 Å². The average Bonchev–Trinajstić information content (AvgIpc) is 3.72. The van der Waals surface area contributed by atoms with Gasteiger partial charge in [-0.3, -0.25) is 10.1 Å². The summed E-state index contributed by atoms with van der Waals surface area (Å²) in [5.74, 6) is 1.46. The molecule has 40 heavy (non-hydrogen) atoms. The molecule has 6 heteroatoms. The first-order valence-corrected chi connectivity index (χ1v) is 14.2. The molecular formula is C34H36N6. The van der Waals surface area contributed by atoms with Gasteiger partial charge in [0.2, 0.25) is 0 Å². The van der Waals surface area contributed by atoms with Gasteiger partial charge in [0.15, 0.2) is 5.82 Å². The molecule has 2 aliphatic rings. The molecule has 1 aromatic carbocycles. The number of imidazole rings is 1. The lowest BCUT2D eigenvalue weighted by Gasteiger charge is -2.22. The van der Waals surface area contributed by atoms with Crippen molar-refractivity contribution >= 4 is 40.5 Å². The van der Waals surface area contributed by atoms with E-state index in [1.165, 1.54) is 37.7 Å². The van der Waals surface area contributed by atoms with Crippen LogP contribution in [0.15, 0.2) is 73.2 Å². The summed E-state index contributed by atoms with van der Waals surface area (Å²) in [4.78, 5) is 12.8. The number of hydrogen-bond donors (Lipinski definition) is 3. The lowest BCUT2D eigenvalue weighted by Crippen LogP contribution is -2.21. The van der Waals surface area contributed by atoms with Gasteiger partial charge in [-0.15, -0.1) is 0 Å². The number of nitrogens with one attached hydrogen (secondary N) is 3. The zero-order valence-corrected chi connectivity index (χ0v) is 23.1. The second-order valence-corrected chi connectivity index (χ2v) is 11.0. The molecule has 0 bridgehead atoms.